The lowest BCUT2D eigenvalue weighted by Gasteiger charge is -2.08. The Morgan fingerprint density at radius 1 is 1.50 bits per heavy atom. The SMILES string of the molecule is CCC(C)NC(=O)S(N)(=O)=O.Clc1ccncc1. The van der Waals surface area contributed by atoms with Crippen LogP contribution in [0.5, 0.6) is 0 Å². The van der Waals surface area contributed by atoms with Crippen molar-refractivity contribution in [2.75, 3.05) is 0 Å². The van der Waals surface area contributed by atoms with E-state index in [1.165, 1.54) is 0 Å². The van der Waals surface area contributed by atoms with E-state index in [-0.39, 0.29) is 6.04 Å². The zero-order valence-corrected chi connectivity index (χ0v) is 11.7. The molecule has 1 aromatic heterocycles. The number of pyridine rings is 1. The highest BCUT2D eigenvalue weighted by atomic mass is 35.5. The minimum atomic E-state index is -4.06. The average Bonchev–Trinajstić information content (AvgIpc) is 2.29. The molecule has 1 rings (SSSR count). The fourth-order valence-electron chi connectivity index (χ4n) is 0.719. The van der Waals surface area contributed by atoms with Crippen LogP contribution in [0.3, 0.4) is 0 Å². The lowest BCUT2D eigenvalue weighted by atomic mass is 10.3. The predicted molar refractivity (Wildman–Crippen MR) is 70.6 cm³/mol. The Labute approximate surface area is 112 Å². The van der Waals surface area contributed by atoms with Crippen molar-refractivity contribution in [3.63, 3.8) is 0 Å². The number of aromatic nitrogens is 1. The number of nitrogens with zero attached hydrogens (tertiary/aromatic N) is 1. The van der Waals surface area contributed by atoms with Crippen molar-refractivity contribution < 1.29 is 13.2 Å². The topological polar surface area (TPSA) is 102 Å². The Bertz CT molecular complexity index is 465. The van der Waals surface area contributed by atoms with E-state index < -0.39 is 15.3 Å². The highest BCUT2D eigenvalue weighted by Gasteiger charge is 2.17. The normalized spacial score (nSPS) is 12.0. The molecule has 0 bridgehead atoms. The third-order valence-corrected chi connectivity index (χ3v) is 2.76. The average molecular weight is 294 g/mol. The molecule has 18 heavy (non-hydrogen) atoms. The standard InChI is InChI=1S/C5H4ClN.C5H12N2O3S/c6-5-1-3-7-4-2-5;1-3-4(2)7-5(8)11(6,9)10/h1-4H;4H,3H2,1-2H3,(H,7,8)(H2,6,9,10). The molecule has 0 saturated carbocycles. The van der Waals surface area contributed by atoms with E-state index >= 15 is 0 Å². The maximum absolute atomic E-state index is 10.6. The lowest BCUT2D eigenvalue weighted by Crippen LogP contribution is -2.39. The number of carbonyl (C=O) groups is 1. The van der Waals surface area contributed by atoms with E-state index in [1.54, 1.807) is 31.5 Å². The van der Waals surface area contributed by atoms with Gasteiger partial charge in [0.05, 0.1) is 0 Å². The largest absolute Gasteiger partial charge is 0.351 e. The van der Waals surface area contributed by atoms with Crippen molar-refractivity contribution in [1.29, 1.82) is 0 Å². The van der Waals surface area contributed by atoms with Crippen LogP contribution in [-0.4, -0.2) is 24.7 Å². The minimum absolute atomic E-state index is 0.166. The van der Waals surface area contributed by atoms with Gasteiger partial charge in [0.15, 0.2) is 0 Å². The van der Waals surface area contributed by atoms with Gasteiger partial charge in [0, 0.05) is 23.5 Å². The third-order valence-electron chi connectivity index (χ3n) is 1.87. The second-order valence-electron chi connectivity index (χ2n) is 3.45. The van der Waals surface area contributed by atoms with Crippen LogP contribution in [0.4, 0.5) is 4.79 Å². The van der Waals surface area contributed by atoms with Crippen LogP contribution in [-0.2, 0) is 10.0 Å². The third kappa shape index (κ3) is 7.99. The molecule has 0 aromatic carbocycles. The number of primary sulfonamides is 1. The molecule has 0 aliphatic heterocycles. The van der Waals surface area contributed by atoms with Crippen LogP contribution in [0.15, 0.2) is 24.5 Å². The number of sulfonamides is 1. The van der Waals surface area contributed by atoms with E-state index in [0.717, 1.165) is 5.02 Å². The molecule has 1 atom stereocenters. The number of nitrogens with two attached hydrogens (primary N) is 1. The first-order valence-electron chi connectivity index (χ1n) is 5.16. The Morgan fingerprint density at radius 2 is 2.00 bits per heavy atom. The van der Waals surface area contributed by atoms with Gasteiger partial charge >= 0.3 is 5.24 Å². The maximum atomic E-state index is 10.6. The minimum Gasteiger partial charge on any atom is -0.339 e. The smallest absolute Gasteiger partial charge is 0.339 e. The monoisotopic (exact) mass is 293 g/mol. The van der Waals surface area contributed by atoms with Crippen molar-refractivity contribution in [2.24, 2.45) is 5.14 Å². The number of rotatable bonds is 2. The summed E-state index contributed by atoms with van der Waals surface area (Å²) in [6.07, 6.45) is 3.98. The second-order valence-corrected chi connectivity index (χ2v) is 5.35. The number of amides is 1. The van der Waals surface area contributed by atoms with Crippen LogP contribution in [0.25, 0.3) is 0 Å². The van der Waals surface area contributed by atoms with Crippen LogP contribution in [0.1, 0.15) is 20.3 Å². The molecular weight excluding hydrogens is 278 g/mol. The Morgan fingerprint density at radius 3 is 2.28 bits per heavy atom. The zero-order valence-electron chi connectivity index (χ0n) is 10.1. The lowest BCUT2D eigenvalue weighted by molar-refractivity contribution is 0.255. The summed E-state index contributed by atoms with van der Waals surface area (Å²) in [5.74, 6) is 0. The van der Waals surface area contributed by atoms with Gasteiger partial charge in [-0.25, -0.2) is 13.6 Å². The van der Waals surface area contributed by atoms with Crippen LogP contribution >= 0.6 is 11.6 Å². The Hall–Kier alpha value is -1.18. The van der Waals surface area contributed by atoms with Crippen LogP contribution < -0.4 is 10.5 Å². The first-order valence-corrected chi connectivity index (χ1v) is 7.08. The van der Waals surface area contributed by atoms with Gasteiger partial charge in [-0.05, 0) is 25.5 Å². The number of halogens is 1. The summed E-state index contributed by atoms with van der Waals surface area (Å²) >= 11 is 5.50. The molecule has 6 nitrogen and oxygen atoms in total. The second kappa shape index (κ2) is 8.02. The molecule has 0 fully saturated rings. The number of hydrogen-bond acceptors (Lipinski definition) is 4. The summed E-state index contributed by atoms with van der Waals surface area (Å²) in [6.45, 7) is 3.52. The van der Waals surface area contributed by atoms with Gasteiger partial charge in [-0.3, -0.25) is 9.78 Å². The quantitative estimate of drug-likeness (QED) is 0.863. The number of hydrogen-bond donors (Lipinski definition) is 2. The van der Waals surface area contributed by atoms with E-state index in [4.69, 9.17) is 11.6 Å². The fraction of sp³-hybridized carbons (Fsp3) is 0.400. The van der Waals surface area contributed by atoms with Gasteiger partial charge in [0.2, 0.25) is 0 Å². The van der Waals surface area contributed by atoms with Crippen molar-refractivity contribution in [1.82, 2.24) is 10.3 Å². The van der Waals surface area contributed by atoms with E-state index in [9.17, 15) is 13.2 Å². The first-order chi connectivity index (χ1) is 8.27. The number of carbonyl (C=O) groups excluding carboxylic acids is 1. The summed E-state index contributed by atoms with van der Waals surface area (Å²) in [7, 11) is -4.06. The molecule has 0 spiro atoms. The van der Waals surface area contributed by atoms with Crippen LogP contribution in [0, 0.1) is 0 Å². The van der Waals surface area contributed by atoms with Crippen molar-refractivity contribution in [3.8, 4) is 0 Å². The van der Waals surface area contributed by atoms with E-state index in [0.29, 0.717) is 6.42 Å². The van der Waals surface area contributed by atoms with E-state index in [2.05, 4.69) is 15.4 Å². The van der Waals surface area contributed by atoms with Crippen molar-refractivity contribution in [3.05, 3.63) is 29.5 Å². The molecule has 1 aromatic rings. The molecule has 1 unspecified atom stereocenters. The molecule has 102 valence electrons. The van der Waals surface area contributed by atoms with Crippen molar-refractivity contribution in [2.45, 2.75) is 26.3 Å². The summed E-state index contributed by atoms with van der Waals surface area (Å²) in [5.41, 5.74) is 0. The molecular formula is C10H16ClN3O3S. The first kappa shape index (κ1) is 16.8. The summed E-state index contributed by atoms with van der Waals surface area (Å²) in [5, 5.41) is 6.37. The fourth-order valence-corrected chi connectivity index (χ4v) is 1.20. The summed E-state index contributed by atoms with van der Waals surface area (Å²) < 4.78 is 20.7. The molecule has 0 aliphatic carbocycles. The Balaban J connectivity index is 0.000000351. The van der Waals surface area contributed by atoms with Crippen molar-refractivity contribution >= 4 is 26.9 Å². The van der Waals surface area contributed by atoms with Gasteiger partial charge in [0.25, 0.3) is 10.0 Å². The highest BCUT2D eigenvalue weighted by Crippen LogP contribution is 2.01. The molecule has 8 heteroatoms. The molecule has 0 aliphatic rings. The maximum Gasteiger partial charge on any atom is 0.351 e. The highest BCUT2D eigenvalue weighted by molar-refractivity contribution is 8.04. The molecule has 1 amide bonds. The number of nitrogens with one attached hydrogen (secondary N) is 1. The molecule has 1 heterocycles. The van der Waals surface area contributed by atoms with Gasteiger partial charge in [-0.15, -0.1) is 0 Å². The zero-order chi connectivity index (χ0) is 14.2. The van der Waals surface area contributed by atoms with Gasteiger partial charge in [-0.1, -0.05) is 18.5 Å². The van der Waals surface area contributed by atoms with Gasteiger partial charge in [-0.2, -0.15) is 0 Å². The predicted octanol–water partition coefficient (Wildman–Crippen LogP) is 1.52. The van der Waals surface area contributed by atoms with Gasteiger partial charge in [0.1, 0.15) is 0 Å². The molecule has 0 radical (unpaired) electrons. The summed E-state index contributed by atoms with van der Waals surface area (Å²) in [4.78, 5) is 14.4. The molecule has 0 saturated heterocycles. The van der Waals surface area contributed by atoms with Crippen LogP contribution in [0.2, 0.25) is 5.02 Å². The van der Waals surface area contributed by atoms with Gasteiger partial charge < -0.3 is 5.32 Å². The Kier molecular flexibility index (Phi) is 7.49. The summed E-state index contributed by atoms with van der Waals surface area (Å²) in [6, 6.07) is 3.31. The molecule has 3 N–H and O–H groups in total. The van der Waals surface area contributed by atoms with E-state index in [1.807, 2.05) is 6.92 Å².